The van der Waals surface area contributed by atoms with E-state index in [1.807, 2.05) is 44.2 Å². The fourth-order valence-electron chi connectivity index (χ4n) is 1.86. The first kappa shape index (κ1) is 17.0. The molecule has 116 valence electrons. The van der Waals surface area contributed by atoms with Crippen LogP contribution in [0.4, 0.5) is 4.79 Å². The van der Waals surface area contributed by atoms with Crippen LogP contribution < -0.4 is 5.32 Å². The first-order valence-corrected chi connectivity index (χ1v) is 6.78. The number of aliphatic hydroxyl groups is 1. The van der Waals surface area contributed by atoms with E-state index < -0.39 is 24.2 Å². The molecule has 6 nitrogen and oxygen atoms in total. The van der Waals surface area contributed by atoms with Crippen LogP contribution in [0.1, 0.15) is 25.8 Å². The summed E-state index contributed by atoms with van der Waals surface area (Å²) >= 11 is 0. The molecule has 0 saturated carbocycles. The number of carbonyl (C=O) groups excluding carboxylic acids is 1. The summed E-state index contributed by atoms with van der Waals surface area (Å²) in [4.78, 5) is 22.5. The first-order chi connectivity index (χ1) is 9.90. The van der Waals surface area contributed by atoms with Crippen LogP contribution in [0, 0.1) is 5.92 Å². The monoisotopic (exact) mass is 295 g/mol. The smallest absolute Gasteiger partial charge is 0.407 e. The van der Waals surface area contributed by atoms with E-state index in [4.69, 9.17) is 9.84 Å². The molecule has 1 rings (SSSR count). The molecule has 0 heterocycles. The van der Waals surface area contributed by atoms with Crippen LogP contribution in [-0.2, 0) is 16.1 Å². The Hall–Kier alpha value is -2.08. The van der Waals surface area contributed by atoms with Crippen molar-refractivity contribution in [3.8, 4) is 0 Å². The van der Waals surface area contributed by atoms with Gasteiger partial charge in [0.1, 0.15) is 6.61 Å². The summed E-state index contributed by atoms with van der Waals surface area (Å²) in [5.41, 5.74) is 0.826. The molecule has 0 radical (unpaired) electrons. The molecular weight excluding hydrogens is 274 g/mol. The number of ether oxygens (including phenoxy) is 1. The lowest BCUT2D eigenvalue weighted by Crippen LogP contribution is -2.47. The number of carboxylic acids is 1. The van der Waals surface area contributed by atoms with Crippen LogP contribution in [0.25, 0.3) is 0 Å². The van der Waals surface area contributed by atoms with Gasteiger partial charge in [-0.15, -0.1) is 0 Å². The van der Waals surface area contributed by atoms with E-state index in [0.717, 1.165) is 5.56 Å². The number of carboxylic acid groups (broad SMARTS) is 1. The summed E-state index contributed by atoms with van der Waals surface area (Å²) in [5, 5.41) is 20.9. The van der Waals surface area contributed by atoms with Crippen molar-refractivity contribution in [1.82, 2.24) is 5.32 Å². The Morgan fingerprint density at radius 1 is 1.24 bits per heavy atom. The van der Waals surface area contributed by atoms with Gasteiger partial charge in [-0.2, -0.15) is 0 Å². The molecule has 0 aliphatic heterocycles. The number of aliphatic hydroxyl groups excluding tert-OH is 1. The number of rotatable bonds is 7. The summed E-state index contributed by atoms with van der Waals surface area (Å²) in [6, 6.07) is 8.24. The minimum Gasteiger partial charge on any atom is -0.479 e. The average Bonchev–Trinajstić information content (AvgIpc) is 2.44. The van der Waals surface area contributed by atoms with Crippen LogP contribution in [0.2, 0.25) is 0 Å². The van der Waals surface area contributed by atoms with Crippen molar-refractivity contribution in [1.29, 1.82) is 0 Å². The molecule has 2 atom stereocenters. The highest BCUT2D eigenvalue weighted by atomic mass is 16.5. The minimum absolute atomic E-state index is 0.0875. The van der Waals surface area contributed by atoms with Crippen LogP contribution in [0.15, 0.2) is 30.3 Å². The van der Waals surface area contributed by atoms with E-state index in [1.165, 1.54) is 0 Å². The zero-order valence-corrected chi connectivity index (χ0v) is 12.2. The predicted octanol–water partition coefficient (Wildman–Crippen LogP) is 1.77. The Bertz CT molecular complexity index is 460. The van der Waals surface area contributed by atoms with E-state index in [-0.39, 0.29) is 12.5 Å². The Morgan fingerprint density at radius 2 is 1.86 bits per heavy atom. The number of nitrogens with one attached hydrogen (secondary N) is 1. The zero-order valence-electron chi connectivity index (χ0n) is 12.2. The summed E-state index contributed by atoms with van der Waals surface area (Å²) in [5.74, 6) is -1.25. The van der Waals surface area contributed by atoms with E-state index >= 15 is 0 Å². The van der Waals surface area contributed by atoms with Crippen LogP contribution >= 0.6 is 0 Å². The fourth-order valence-corrected chi connectivity index (χ4v) is 1.86. The van der Waals surface area contributed by atoms with Gasteiger partial charge in [-0.25, -0.2) is 9.59 Å². The normalized spacial score (nSPS) is 13.5. The maximum atomic E-state index is 11.7. The van der Waals surface area contributed by atoms with E-state index in [2.05, 4.69) is 5.32 Å². The number of aliphatic carboxylic acids is 1. The summed E-state index contributed by atoms with van der Waals surface area (Å²) in [6.07, 6.45) is -2.06. The lowest BCUT2D eigenvalue weighted by molar-refractivity contribution is -0.148. The van der Waals surface area contributed by atoms with Crippen LogP contribution in [0.5, 0.6) is 0 Å². The second-order valence-electron chi connectivity index (χ2n) is 5.23. The third kappa shape index (κ3) is 6.27. The van der Waals surface area contributed by atoms with Crippen molar-refractivity contribution in [2.24, 2.45) is 5.92 Å². The average molecular weight is 295 g/mol. The van der Waals surface area contributed by atoms with Crippen LogP contribution in [-0.4, -0.2) is 34.4 Å². The van der Waals surface area contributed by atoms with Crippen molar-refractivity contribution in [3.05, 3.63) is 35.9 Å². The van der Waals surface area contributed by atoms with Gasteiger partial charge in [0.25, 0.3) is 0 Å². The van der Waals surface area contributed by atoms with E-state index in [9.17, 15) is 14.7 Å². The largest absolute Gasteiger partial charge is 0.479 e. The quantitative estimate of drug-likeness (QED) is 0.712. The maximum absolute atomic E-state index is 11.7. The summed E-state index contributed by atoms with van der Waals surface area (Å²) in [7, 11) is 0. The summed E-state index contributed by atoms with van der Waals surface area (Å²) in [6.45, 7) is 3.83. The summed E-state index contributed by atoms with van der Waals surface area (Å²) < 4.78 is 5.02. The standard InChI is InChI=1S/C15H21NO5/c1-10(2)8-12(13(17)14(18)19)16-15(20)21-9-11-6-4-3-5-7-11/h3-7,10,12-13,17H,8-9H2,1-2H3,(H,16,20)(H,18,19)/t12-,13+/m1/s1. The lowest BCUT2D eigenvalue weighted by Gasteiger charge is -2.22. The molecule has 0 aliphatic rings. The zero-order chi connectivity index (χ0) is 15.8. The highest BCUT2D eigenvalue weighted by molar-refractivity contribution is 5.75. The molecule has 3 N–H and O–H groups in total. The molecule has 21 heavy (non-hydrogen) atoms. The van der Waals surface area contributed by atoms with Crippen molar-refractivity contribution in [2.75, 3.05) is 0 Å². The second-order valence-corrected chi connectivity index (χ2v) is 5.23. The van der Waals surface area contributed by atoms with E-state index in [1.54, 1.807) is 0 Å². The minimum atomic E-state index is -1.66. The number of hydrogen-bond acceptors (Lipinski definition) is 4. The van der Waals surface area contributed by atoms with Crippen molar-refractivity contribution in [3.63, 3.8) is 0 Å². The third-order valence-electron chi connectivity index (χ3n) is 2.88. The Kier molecular flexibility index (Phi) is 6.68. The lowest BCUT2D eigenvalue weighted by atomic mass is 9.99. The molecule has 1 aromatic carbocycles. The second kappa shape index (κ2) is 8.26. The van der Waals surface area contributed by atoms with Gasteiger partial charge in [0.05, 0.1) is 6.04 Å². The number of hydrogen-bond donors (Lipinski definition) is 3. The molecule has 1 amide bonds. The van der Waals surface area contributed by atoms with Gasteiger partial charge in [-0.1, -0.05) is 44.2 Å². The van der Waals surface area contributed by atoms with Gasteiger partial charge in [-0.05, 0) is 17.9 Å². The van der Waals surface area contributed by atoms with Crippen molar-refractivity contribution in [2.45, 2.75) is 39.0 Å². The van der Waals surface area contributed by atoms with Gasteiger partial charge in [0.15, 0.2) is 6.10 Å². The van der Waals surface area contributed by atoms with Gasteiger partial charge in [-0.3, -0.25) is 0 Å². The molecule has 0 aliphatic carbocycles. The van der Waals surface area contributed by atoms with Gasteiger partial charge in [0.2, 0.25) is 0 Å². The number of benzene rings is 1. The predicted molar refractivity (Wildman–Crippen MR) is 76.6 cm³/mol. The first-order valence-electron chi connectivity index (χ1n) is 6.78. The highest BCUT2D eigenvalue weighted by Gasteiger charge is 2.28. The van der Waals surface area contributed by atoms with E-state index in [0.29, 0.717) is 6.42 Å². The molecule has 0 aromatic heterocycles. The number of alkyl carbamates (subject to hydrolysis) is 1. The SMILES string of the molecule is CC(C)C[C@@H](NC(=O)OCc1ccccc1)[C@H](O)C(=O)O. The molecule has 6 heteroatoms. The molecule has 0 bridgehead atoms. The molecular formula is C15H21NO5. The molecule has 0 fully saturated rings. The van der Waals surface area contributed by atoms with Crippen molar-refractivity contribution >= 4 is 12.1 Å². The Morgan fingerprint density at radius 3 is 2.38 bits per heavy atom. The van der Waals surface area contributed by atoms with Gasteiger partial charge in [0, 0.05) is 0 Å². The maximum Gasteiger partial charge on any atom is 0.407 e. The molecule has 1 aromatic rings. The Balaban J connectivity index is 2.53. The Labute approximate surface area is 123 Å². The van der Waals surface area contributed by atoms with Crippen molar-refractivity contribution < 1.29 is 24.5 Å². The highest BCUT2D eigenvalue weighted by Crippen LogP contribution is 2.09. The van der Waals surface area contributed by atoms with Gasteiger partial charge < -0.3 is 20.3 Å². The van der Waals surface area contributed by atoms with Crippen LogP contribution in [0.3, 0.4) is 0 Å². The van der Waals surface area contributed by atoms with Gasteiger partial charge >= 0.3 is 12.1 Å². The fraction of sp³-hybridized carbons (Fsp3) is 0.467. The molecule has 0 unspecified atom stereocenters. The number of amides is 1. The number of carbonyl (C=O) groups is 2. The molecule has 0 spiro atoms. The third-order valence-corrected chi connectivity index (χ3v) is 2.88. The topological polar surface area (TPSA) is 95.9 Å². The molecule has 0 saturated heterocycles.